The number of benzene rings is 1. The van der Waals surface area contributed by atoms with Crippen molar-refractivity contribution in [3.63, 3.8) is 0 Å². The lowest BCUT2D eigenvalue weighted by Gasteiger charge is -2.30. The van der Waals surface area contributed by atoms with Crippen molar-refractivity contribution in [2.24, 2.45) is 0 Å². The average molecular weight is 206 g/mol. The number of fused-ring (bicyclic) bond motifs is 1. The monoisotopic (exact) mass is 206 g/mol. The van der Waals surface area contributed by atoms with E-state index in [9.17, 15) is 0 Å². The molecule has 1 heterocycles. The Morgan fingerprint density at radius 2 is 1.93 bits per heavy atom. The average Bonchev–Trinajstić information content (AvgIpc) is 2.24. The summed E-state index contributed by atoms with van der Waals surface area (Å²) in [6.45, 7) is 3.09. The van der Waals surface area contributed by atoms with Crippen LogP contribution in [0.4, 0.5) is 22.7 Å². The van der Waals surface area contributed by atoms with Gasteiger partial charge in [0.1, 0.15) is 0 Å². The molecule has 82 valence electrons. The lowest BCUT2D eigenvalue weighted by molar-refractivity contribution is 0.656. The second-order valence-electron chi connectivity index (χ2n) is 4.00. The SMILES string of the molecule is CCCC1CNc2c(N)ccc(N)c2N1. The summed E-state index contributed by atoms with van der Waals surface area (Å²) in [6, 6.07) is 4.13. The predicted molar refractivity (Wildman–Crippen MR) is 66.1 cm³/mol. The van der Waals surface area contributed by atoms with Gasteiger partial charge in [-0.05, 0) is 18.6 Å². The van der Waals surface area contributed by atoms with E-state index >= 15 is 0 Å². The highest BCUT2D eigenvalue weighted by molar-refractivity contribution is 5.90. The molecular formula is C11H18N4. The summed E-state index contributed by atoms with van der Waals surface area (Å²) in [5.74, 6) is 0. The van der Waals surface area contributed by atoms with Crippen molar-refractivity contribution in [2.75, 3.05) is 28.6 Å². The highest BCUT2D eigenvalue weighted by Gasteiger charge is 2.19. The van der Waals surface area contributed by atoms with Gasteiger partial charge in [0.05, 0.1) is 22.7 Å². The van der Waals surface area contributed by atoms with E-state index in [2.05, 4.69) is 17.6 Å². The summed E-state index contributed by atoms with van der Waals surface area (Å²) in [6.07, 6.45) is 2.30. The second-order valence-corrected chi connectivity index (χ2v) is 4.00. The van der Waals surface area contributed by atoms with Gasteiger partial charge in [-0.25, -0.2) is 0 Å². The molecule has 0 fully saturated rings. The molecule has 0 spiro atoms. The normalized spacial score (nSPS) is 18.9. The highest BCUT2D eigenvalue weighted by Crippen LogP contribution is 2.37. The number of rotatable bonds is 2. The third-order valence-electron chi connectivity index (χ3n) is 2.78. The fourth-order valence-corrected chi connectivity index (χ4v) is 1.98. The third-order valence-corrected chi connectivity index (χ3v) is 2.78. The Labute approximate surface area is 90.0 Å². The minimum Gasteiger partial charge on any atom is -0.397 e. The fourth-order valence-electron chi connectivity index (χ4n) is 1.98. The second kappa shape index (κ2) is 3.88. The van der Waals surface area contributed by atoms with Gasteiger partial charge < -0.3 is 22.1 Å². The molecule has 0 radical (unpaired) electrons. The molecule has 0 saturated carbocycles. The van der Waals surface area contributed by atoms with Gasteiger partial charge in [0.25, 0.3) is 0 Å². The van der Waals surface area contributed by atoms with Gasteiger partial charge in [-0.15, -0.1) is 0 Å². The molecule has 1 aromatic carbocycles. The van der Waals surface area contributed by atoms with E-state index in [1.54, 1.807) is 0 Å². The lowest BCUT2D eigenvalue weighted by Crippen LogP contribution is -2.33. The first-order chi connectivity index (χ1) is 7.22. The van der Waals surface area contributed by atoms with Crippen molar-refractivity contribution in [1.82, 2.24) is 0 Å². The zero-order valence-electron chi connectivity index (χ0n) is 9.01. The van der Waals surface area contributed by atoms with Gasteiger partial charge in [-0.1, -0.05) is 13.3 Å². The van der Waals surface area contributed by atoms with Crippen LogP contribution in [0.2, 0.25) is 0 Å². The molecular weight excluding hydrogens is 188 g/mol. The molecule has 0 aliphatic carbocycles. The number of hydrogen-bond donors (Lipinski definition) is 4. The van der Waals surface area contributed by atoms with Crippen LogP contribution in [0.1, 0.15) is 19.8 Å². The first kappa shape index (κ1) is 9.96. The van der Waals surface area contributed by atoms with Crippen LogP contribution in [-0.2, 0) is 0 Å². The van der Waals surface area contributed by atoms with Crippen molar-refractivity contribution in [1.29, 1.82) is 0 Å². The minimum atomic E-state index is 0.451. The Morgan fingerprint density at radius 1 is 1.27 bits per heavy atom. The first-order valence-electron chi connectivity index (χ1n) is 5.40. The Bertz CT molecular complexity index is 362. The van der Waals surface area contributed by atoms with E-state index in [4.69, 9.17) is 11.5 Å². The minimum absolute atomic E-state index is 0.451. The van der Waals surface area contributed by atoms with Crippen LogP contribution in [0.25, 0.3) is 0 Å². The van der Waals surface area contributed by atoms with Crippen LogP contribution in [0.3, 0.4) is 0 Å². The van der Waals surface area contributed by atoms with E-state index in [0.717, 1.165) is 42.1 Å². The first-order valence-corrected chi connectivity index (χ1v) is 5.40. The van der Waals surface area contributed by atoms with E-state index in [1.807, 2.05) is 12.1 Å². The van der Waals surface area contributed by atoms with Gasteiger partial charge in [0.2, 0.25) is 0 Å². The summed E-state index contributed by atoms with van der Waals surface area (Å²) in [5, 5.41) is 6.78. The number of anilines is 4. The van der Waals surface area contributed by atoms with Crippen molar-refractivity contribution in [3.05, 3.63) is 12.1 Å². The molecule has 0 bridgehead atoms. The largest absolute Gasteiger partial charge is 0.397 e. The Kier molecular flexibility index (Phi) is 2.58. The number of nitrogens with one attached hydrogen (secondary N) is 2. The Hall–Kier alpha value is -1.58. The van der Waals surface area contributed by atoms with Crippen molar-refractivity contribution < 1.29 is 0 Å². The topological polar surface area (TPSA) is 76.1 Å². The molecule has 1 atom stereocenters. The maximum atomic E-state index is 5.91. The lowest BCUT2D eigenvalue weighted by atomic mass is 10.1. The van der Waals surface area contributed by atoms with Crippen LogP contribution in [0.5, 0.6) is 0 Å². The van der Waals surface area contributed by atoms with E-state index in [1.165, 1.54) is 0 Å². The summed E-state index contributed by atoms with van der Waals surface area (Å²) < 4.78 is 0. The molecule has 1 aliphatic rings. The predicted octanol–water partition coefficient (Wildman–Crippen LogP) is 1.86. The number of nitrogens with two attached hydrogens (primary N) is 2. The zero-order valence-corrected chi connectivity index (χ0v) is 9.01. The van der Waals surface area contributed by atoms with Gasteiger partial charge >= 0.3 is 0 Å². The zero-order chi connectivity index (χ0) is 10.8. The van der Waals surface area contributed by atoms with Crippen molar-refractivity contribution in [2.45, 2.75) is 25.8 Å². The number of nitrogen functional groups attached to an aromatic ring is 2. The molecule has 6 N–H and O–H groups in total. The third kappa shape index (κ3) is 1.79. The quantitative estimate of drug-likeness (QED) is 0.557. The maximum Gasteiger partial charge on any atom is 0.0833 e. The van der Waals surface area contributed by atoms with Gasteiger partial charge in [0, 0.05) is 12.6 Å². The highest BCUT2D eigenvalue weighted by atomic mass is 15.1. The molecule has 15 heavy (non-hydrogen) atoms. The van der Waals surface area contributed by atoms with Crippen LogP contribution in [-0.4, -0.2) is 12.6 Å². The summed E-state index contributed by atoms with van der Waals surface area (Å²) >= 11 is 0. The summed E-state index contributed by atoms with van der Waals surface area (Å²) in [7, 11) is 0. The molecule has 0 saturated heterocycles. The molecule has 0 aromatic heterocycles. The fraction of sp³-hybridized carbons (Fsp3) is 0.455. The van der Waals surface area contributed by atoms with Crippen LogP contribution in [0.15, 0.2) is 12.1 Å². The molecule has 0 amide bonds. The molecule has 1 aliphatic heterocycles. The number of hydrogen-bond acceptors (Lipinski definition) is 4. The van der Waals surface area contributed by atoms with Crippen LogP contribution >= 0.6 is 0 Å². The van der Waals surface area contributed by atoms with E-state index in [0.29, 0.717) is 6.04 Å². The molecule has 4 heteroatoms. The van der Waals surface area contributed by atoms with Crippen molar-refractivity contribution in [3.8, 4) is 0 Å². The van der Waals surface area contributed by atoms with E-state index in [-0.39, 0.29) is 0 Å². The smallest absolute Gasteiger partial charge is 0.0833 e. The standard InChI is InChI=1S/C11H18N4/c1-2-3-7-6-14-10-8(12)4-5-9(13)11(10)15-7/h4-5,7,14-15H,2-3,6,12-13H2,1H3. The van der Waals surface area contributed by atoms with Gasteiger partial charge in [0.15, 0.2) is 0 Å². The van der Waals surface area contributed by atoms with Crippen LogP contribution < -0.4 is 22.1 Å². The molecule has 4 nitrogen and oxygen atoms in total. The van der Waals surface area contributed by atoms with E-state index < -0.39 is 0 Å². The maximum absolute atomic E-state index is 5.91. The molecule has 2 rings (SSSR count). The van der Waals surface area contributed by atoms with Gasteiger partial charge in [-0.2, -0.15) is 0 Å². The van der Waals surface area contributed by atoms with Crippen molar-refractivity contribution >= 4 is 22.7 Å². The molecule has 1 aromatic rings. The Balaban J connectivity index is 2.28. The van der Waals surface area contributed by atoms with Gasteiger partial charge in [-0.3, -0.25) is 0 Å². The van der Waals surface area contributed by atoms with Crippen LogP contribution in [0, 0.1) is 0 Å². The summed E-state index contributed by atoms with van der Waals surface area (Å²) in [4.78, 5) is 0. The molecule has 1 unspecified atom stereocenters. The Morgan fingerprint density at radius 3 is 2.60 bits per heavy atom. The summed E-state index contributed by atoms with van der Waals surface area (Å²) in [5.41, 5.74) is 15.2.